The molecule has 1 N–H and O–H groups in total. The van der Waals surface area contributed by atoms with E-state index in [0.29, 0.717) is 11.3 Å². The van der Waals surface area contributed by atoms with E-state index in [0.717, 1.165) is 11.1 Å². The average Bonchev–Trinajstić information content (AvgIpc) is 3.32. The van der Waals surface area contributed by atoms with Gasteiger partial charge >= 0.3 is 0 Å². The zero-order valence-corrected chi connectivity index (χ0v) is 15.2. The molecule has 3 heterocycles. The SMILES string of the molecule is Cc1ccc(/C(O)=C2/C(=O)C(=O)N(Cc3ccncc3)C2c2ccco2)cc1. The number of nitrogens with zero attached hydrogens (tertiary/aromatic N) is 2. The van der Waals surface area contributed by atoms with Crippen molar-refractivity contribution in [2.45, 2.75) is 19.5 Å². The van der Waals surface area contributed by atoms with E-state index >= 15 is 0 Å². The topological polar surface area (TPSA) is 83.6 Å². The van der Waals surface area contributed by atoms with E-state index in [1.807, 2.05) is 19.1 Å². The molecule has 0 spiro atoms. The first-order chi connectivity index (χ1) is 13.6. The van der Waals surface area contributed by atoms with Crippen LogP contribution >= 0.6 is 0 Å². The number of likely N-dealkylation sites (tertiary alicyclic amines) is 1. The first-order valence-electron chi connectivity index (χ1n) is 8.84. The summed E-state index contributed by atoms with van der Waals surface area (Å²) in [6.07, 6.45) is 4.73. The summed E-state index contributed by atoms with van der Waals surface area (Å²) in [5.74, 6) is -1.20. The largest absolute Gasteiger partial charge is 0.507 e. The van der Waals surface area contributed by atoms with Gasteiger partial charge in [-0.25, -0.2) is 0 Å². The molecule has 1 atom stereocenters. The summed E-state index contributed by atoms with van der Waals surface area (Å²) in [5, 5.41) is 10.9. The Morgan fingerprint density at radius 2 is 1.82 bits per heavy atom. The number of carbonyl (C=O) groups is 2. The van der Waals surface area contributed by atoms with Crippen molar-refractivity contribution >= 4 is 17.4 Å². The van der Waals surface area contributed by atoms with Crippen LogP contribution in [0, 0.1) is 6.92 Å². The number of Topliss-reactive ketones (excluding diaryl/α,β-unsaturated/α-hetero) is 1. The molecule has 3 aromatic rings. The summed E-state index contributed by atoms with van der Waals surface area (Å²) < 4.78 is 5.51. The quantitative estimate of drug-likeness (QED) is 0.428. The second-order valence-electron chi connectivity index (χ2n) is 6.66. The Morgan fingerprint density at radius 3 is 2.46 bits per heavy atom. The van der Waals surface area contributed by atoms with Crippen LogP contribution in [0.3, 0.4) is 0 Å². The fourth-order valence-electron chi connectivity index (χ4n) is 3.34. The fraction of sp³-hybridized carbons (Fsp3) is 0.136. The second-order valence-corrected chi connectivity index (χ2v) is 6.66. The molecule has 1 amide bonds. The number of benzene rings is 1. The van der Waals surface area contributed by atoms with Crippen molar-refractivity contribution in [1.82, 2.24) is 9.88 Å². The Hall–Kier alpha value is -3.67. The second kappa shape index (κ2) is 7.15. The Balaban J connectivity index is 1.83. The van der Waals surface area contributed by atoms with E-state index < -0.39 is 17.7 Å². The molecule has 0 bridgehead atoms. The van der Waals surface area contributed by atoms with Crippen molar-refractivity contribution in [3.63, 3.8) is 0 Å². The smallest absolute Gasteiger partial charge is 0.296 e. The molecule has 1 aromatic carbocycles. The number of pyridine rings is 1. The van der Waals surface area contributed by atoms with Crippen LogP contribution in [0.5, 0.6) is 0 Å². The summed E-state index contributed by atoms with van der Waals surface area (Å²) in [6.45, 7) is 2.13. The summed E-state index contributed by atoms with van der Waals surface area (Å²) in [7, 11) is 0. The van der Waals surface area contributed by atoms with Crippen LogP contribution in [0.2, 0.25) is 0 Å². The van der Waals surface area contributed by atoms with Crippen LogP contribution in [0.1, 0.15) is 28.5 Å². The molecule has 6 nitrogen and oxygen atoms in total. The fourth-order valence-corrected chi connectivity index (χ4v) is 3.34. The van der Waals surface area contributed by atoms with Gasteiger partial charge in [0.1, 0.15) is 17.6 Å². The summed E-state index contributed by atoms with van der Waals surface area (Å²) in [6, 6.07) is 13.3. The maximum Gasteiger partial charge on any atom is 0.296 e. The van der Waals surface area contributed by atoms with E-state index in [1.165, 1.54) is 11.2 Å². The number of amides is 1. The van der Waals surface area contributed by atoms with Gasteiger partial charge in [-0.15, -0.1) is 0 Å². The van der Waals surface area contributed by atoms with Crippen molar-refractivity contribution in [2.75, 3.05) is 0 Å². The highest BCUT2D eigenvalue weighted by Gasteiger charge is 2.47. The lowest BCUT2D eigenvalue weighted by Gasteiger charge is -2.23. The van der Waals surface area contributed by atoms with Gasteiger partial charge in [0.05, 0.1) is 11.8 Å². The van der Waals surface area contributed by atoms with Gasteiger partial charge in [0.15, 0.2) is 0 Å². The van der Waals surface area contributed by atoms with Crippen LogP contribution in [0.4, 0.5) is 0 Å². The average molecular weight is 374 g/mol. The number of aryl methyl sites for hydroxylation is 1. The Kier molecular flexibility index (Phi) is 4.53. The molecule has 2 aromatic heterocycles. The van der Waals surface area contributed by atoms with Crippen molar-refractivity contribution in [2.24, 2.45) is 0 Å². The van der Waals surface area contributed by atoms with Gasteiger partial charge in [0, 0.05) is 24.5 Å². The molecule has 140 valence electrons. The van der Waals surface area contributed by atoms with Crippen LogP contribution in [-0.2, 0) is 16.1 Å². The summed E-state index contributed by atoms with van der Waals surface area (Å²) >= 11 is 0. The van der Waals surface area contributed by atoms with Crippen LogP contribution in [0.15, 0.2) is 77.2 Å². The lowest BCUT2D eigenvalue weighted by molar-refractivity contribution is -0.140. The molecule has 1 unspecified atom stereocenters. The van der Waals surface area contributed by atoms with E-state index in [1.54, 1.807) is 48.8 Å². The molecule has 28 heavy (non-hydrogen) atoms. The Bertz CT molecular complexity index is 1040. The number of furan rings is 1. The van der Waals surface area contributed by atoms with E-state index in [2.05, 4.69) is 4.98 Å². The molecular formula is C22H18N2O4. The number of aliphatic hydroxyl groups excluding tert-OH is 1. The molecule has 0 saturated carbocycles. The number of aliphatic hydroxyl groups is 1. The lowest BCUT2D eigenvalue weighted by atomic mass is 9.98. The molecule has 1 saturated heterocycles. The third-order valence-corrected chi connectivity index (χ3v) is 4.78. The van der Waals surface area contributed by atoms with Crippen molar-refractivity contribution in [3.8, 4) is 0 Å². The zero-order valence-electron chi connectivity index (χ0n) is 15.2. The van der Waals surface area contributed by atoms with Gasteiger partial charge in [0.25, 0.3) is 11.7 Å². The van der Waals surface area contributed by atoms with Crippen molar-refractivity contribution in [3.05, 3.63) is 95.2 Å². The maximum absolute atomic E-state index is 12.8. The molecule has 1 fully saturated rings. The molecular weight excluding hydrogens is 356 g/mol. The van der Waals surface area contributed by atoms with Gasteiger partial charge in [-0.3, -0.25) is 14.6 Å². The van der Waals surface area contributed by atoms with Crippen molar-refractivity contribution in [1.29, 1.82) is 0 Å². The highest BCUT2D eigenvalue weighted by Crippen LogP contribution is 2.40. The number of ketones is 1. The molecule has 4 rings (SSSR count). The minimum absolute atomic E-state index is 0.0258. The Labute approximate surface area is 161 Å². The monoisotopic (exact) mass is 374 g/mol. The maximum atomic E-state index is 12.8. The number of carbonyl (C=O) groups excluding carboxylic acids is 2. The van der Waals surface area contributed by atoms with Crippen LogP contribution in [-0.4, -0.2) is 26.7 Å². The number of aromatic nitrogens is 1. The van der Waals surface area contributed by atoms with E-state index in [-0.39, 0.29) is 17.9 Å². The van der Waals surface area contributed by atoms with E-state index in [9.17, 15) is 14.7 Å². The molecule has 0 aliphatic carbocycles. The first-order valence-corrected chi connectivity index (χ1v) is 8.84. The van der Waals surface area contributed by atoms with Crippen LogP contribution in [0.25, 0.3) is 5.76 Å². The number of rotatable bonds is 4. The summed E-state index contributed by atoms with van der Waals surface area (Å²) in [5.41, 5.74) is 2.35. The third kappa shape index (κ3) is 3.09. The van der Waals surface area contributed by atoms with Gasteiger partial charge in [-0.1, -0.05) is 29.8 Å². The normalized spacial score (nSPS) is 18.6. The Morgan fingerprint density at radius 1 is 1.11 bits per heavy atom. The van der Waals surface area contributed by atoms with Crippen molar-refractivity contribution < 1.29 is 19.1 Å². The molecule has 1 aliphatic rings. The van der Waals surface area contributed by atoms with Gasteiger partial charge < -0.3 is 14.4 Å². The first kappa shape index (κ1) is 17.7. The van der Waals surface area contributed by atoms with Gasteiger partial charge in [0.2, 0.25) is 0 Å². The molecule has 1 aliphatic heterocycles. The highest BCUT2D eigenvalue weighted by molar-refractivity contribution is 6.46. The minimum atomic E-state index is -0.801. The van der Waals surface area contributed by atoms with Crippen LogP contribution < -0.4 is 0 Å². The van der Waals surface area contributed by atoms with Gasteiger partial charge in [-0.05, 0) is 36.8 Å². The number of hydrogen-bond donors (Lipinski definition) is 1. The summed E-state index contributed by atoms with van der Waals surface area (Å²) in [4.78, 5) is 31.0. The standard InChI is InChI=1S/C22H18N2O4/c1-14-4-6-16(7-5-14)20(25)18-19(17-3-2-12-28-17)24(22(27)21(18)26)13-15-8-10-23-11-9-15/h2-12,19,25H,13H2,1H3/b20-18-. The molecule has 0 radical (unpaired) electrons. The predicted octanol–water partition coefficient (Wildman–Crippen LogP) is 3.60. The predicted molar refractivity (Wildman–Crippen MR) is 102 cm³/mol. The van der Waals surface area contributed by atoms with E-state index in [4.69, 9.17) is 4.42 Å². The zero-order chi connectivity index (χ0) is 19.7. The highest BCUT2D eigenvalue weighted by atomic mass is 16.3. The molecule has 6 heteroatoms. The van der Waals surface area contributed by atoms with Gasteiger partial charge in [-0.2, -0.15) is 0 Å². The number of hydrogen-bond acceptors (Lipinski definition) is 5. The minimum Gasteiger partial charge on any atom is -0.507 e. The lowest BCUT2D eigenvalue weighted by Crippen LogP contribution is -2.29. The third-order valence-electron chi connectivity index (χ3n) is 4.78.